The average molecular weight is 578 g/mol. The number of amides is 1. The molecular weight excluding hydrogens is 542 g/mol. The van der Waals surface area contributed by atoms with Gasteiger partial charge in [0.15, 0.2) is 16.7 Å². The fraction of sp³-hybridized carbons (Fsp3) is 0.387. The molecule has 1 saturated heterocycles. The number of carbonyl (C=O) groups is 2. The second-order valence-electron chi connectivity index (χ2n) is 9.91. The summed E-state index contributed by atoms with van der Waals surface area (Å²) in [7, 11) is 1.59. The number of nitrogens with one attached hydrogen (secondary N) is 1. The predicted molar refractivity (Wildman–Crippen MR) is 157 cm³/mol. The summed E-state index contributed by atoms with van der Waals surface area (Å²) in [6.07, 6.45) is 2.16. The Morgan fingerprint density at radius 3 is 2.73 bits per heavy atom. The molecule has 9 nitrogen and oxygen atoms in total. The van der Waals surface area contributed by atoms with Gasteiger partial charge >= 0.3 is 5.97 Å². The minimum absolute atomic E-state index is 0.0573. The van der Waals surface area contributed by atoms with E-state index in [4.69, 9.17) is 23.9 Å². The van der Waals surface area contributed by atoms with Crippen molar-refractivity contribution in [2.45, 2.75) is 51.9 Å². The van der Waals surface area contributed by atoms with E-state index < -0.39 is 12.0 Å². The molecule has 2 unspecified atom stereocenters. The lowest BCUT2D eigenvalue weighted by atomic mass is 9.93. The first-order chi connectivity index (χ1) is 20.0. The third kappa shape index (κ3) is 6.60. The largest absolute Gasteiger partial charge is 0.493 e. The quantitative estimate of drug-likeness (QED) is 0.369. The highest BCUT2D eigenvalue weighted by atomic mass is 32.2. The molecule has 0 aromatic heterocycles. The Morgan fingerprint density at radius 2 is 2.00 bits per heavy atom. The molecule has 2 aromatic carbocycles. The number of amidine groups is 1. The van der Waals surface area contributed by atoms with E-state index in [0.29, 0.717) is 41.1 Å². The summed E-state index contributed by atoms with van der Waals surface area (Å²) in [4.78, 5) is 32.9. The van der Waals surface area contributed by atoms with Gasteiger partial charge in [-0.05, 0) is 55.4 Å². The summed E-state index contributed by atoms with van der Waals surface area (Å²) in [5.41, 5.74) is 3.58. The first-order valence-electron chi connectivity index (χ1n) is 13.8. The van der Waals surface area contributed by atoms with E-state index in [1.807, 2.05) is 65.8 Å². The van der Waals surface area contributed by atoms with Crippen LogP contribution in [0.15, 0.2) is 75.9 Å². The van der Waals surface area contributed by atoms with E-state index in [1.54, 1.807) is 14.0 Å². The Bertz CT molecular complexity index is 1370. The third-order valence-electron chi connectivity index (χ3n) is 7.13. The van der Waals surface area contributed by atoms with Gasteiger partial charge < -0.3 is 29.2 Å². The molecule has 3 aliphatic heterocycles. The Hall–Kier alpha value is -3.76. The first kappa shape index (κ1) is 28.8. The van der Waals surface area contributed by atoms with Crippen LogP contribution in [0, 0.1) is 0 Å². The van der Waals surface area contributed by atoms with E-state index in [0.717, 1.165) is 36.3 Å². The lowest BCUT2D eigenvalue weighted by Crippen LogP contribution is -2.38. The average Bonchev–Trinajstić information content (AvgIpc) is 3.65. The zero-order chi connectivity index (χ0) is 28.8. The van der Waals surface area contributed by atoms with Gasteiger partial charge in [0, 0.05) is 18.8 Å². The lowest BCUT2D eigenvalue weighted by molar-refractivity contribution is -0.139. The molecule has 41 heavy (non-hydrogen) atoms. The molecule has 216 valence electrons. The molecular formula is C31H35N3O6S. The van der Waals surface area contributed by atoms with Crippen LogP contribution in [0.4, 0.5) is 0 Å². The van der Waals surface area contributed by atoms with Gasteiger partial charge in [-0.25, -0.2) is 9.79 Å². The smallest absolute Gasteiger partial charge is 0.338 e. The van der Waals surface area contributed by atoms with E-state index in [2.05, 4.69) is 5.32 Å². The SMILES string of the molecule is CCOC(=O)C1=C(C)N=C2SC=C(CC(=O)NCC3CCCO3)N2C1c1ccc(OCc2ccccc2)c(OC)c1. The minimum atomic E-state index is -0.564. The zero-order valence-corrected chi connectivity index (χ0v) is 24.4. The second-order valence-corrected chi connectivity index (χ2v) is 10.8. The standard InChI is InChI=1S/C31H35N3O6S/c1-4-38-30(36)28-20(2)33-31-34(23(19-41-31)16-27(35)32-17-24-11-8-14-39-24)29(28)22-12-13-25(26(15-22)37-3)40-18-21-9-6-5-7-10-21/h5-7,9-10,12-13,15,19,24,29H,4,8,11,14,16-18H2,1-3H3,(H,32,35). The van der Waals surface area contributed by atoms with Crippen LogP contribution in [0.1, 0.15) is 50.3 Å². The Labute approximate surface area is 244 Å². The van der Waals surface area contributed by atoms with Gasteiger partial charge in [0.25, 0.3) is 0 Å². The number of ether oxygens (including phenoxy) is 4. The molecule has 0 bridgehead atoms. The van der Waals surface area contributed by atoms with Crippen LogP contribution >= 0.6 is 11.8 Å². The van der Waals surface area contributed by atoms with Crippen molar-refractivity contribution in [3.8, 4) is 11.5 Å². The fourth-order valence-corrected chi connectivity index (χ4v) is 6.09. The van der Waals surface area contributed by atoms with E-state index >= 15 is 0 Å². The summed E-state index contributed by atoms with van der Waals surface area (Å²) in [6.45, 7) is 5.43. The number of benzene rings is 2. The third-order valence-corrected chi connectivity index (χ3v) is 8.02. The molecule has 0 radical (unpaired) electrons. The Morgan fingerprint density at radius 1 is 1.17 bits per heavy atom. The van der Waals surface area contributed by atoms with Crippen LogP contribution in [-0.4, -0.2) is 54.9 Å². The number of rotatable bonds is 11. The van der Waals surface area contributed by atoms with Crippen molar-refractivity contribution in [2.75, 3.05) is 26.9 Å². The van der Waals surface area contributed by atoms with Crippen molar-refractivity contribution < 1.29 is 28.5 Å². The van der Waals surface area contributed by atoms with Gasteiger partial charge in [-0.2, -0.15) is 0 Å². The molecule has 10 heteroatoms. The van der Waals surface area contributed by atoms with Crippen molar-refractivity contribution in [1.82, 2.24) is 10.2 Å². The predicted octanol–water partition coefficient (Wildman–Crippen LogP) is 5.10. The summed E-state index contributed by atoms with van der Waals surface area (Å²) in [6, 6.07) is 15.0. The van der Waals surface area contributed by atoms with Gasteiger partial charge in [0.2, 0.25) is 5.91 Å². The van der Waals surface area contributed by atoms with Gasteiger partial charge in [-0.1, -0.05) is 48.2 Å². The van der Waals surface area contributed by atoms with Crippen molar-refractivity contribution in [3.05, 3.63) is 82.0 Å². The molecule has 3 heterocycles. The van der Waals surface area contributed by atoms with Crippen LogP contribution in [-0.2, 0) is 25.7 Å². The van der Waals surface area contributed by atoms with Gasteiger partial charge in [-0.3, -0.25) is 4.79 Å². The monoisotopic (exact) mass is 577 g/mol. The maximum Gasteiger partial charge on any atom is 0.338 e. The van der Waals surface area contributed by atoms with E-state index in [-0.39, 0.29) is 25.0 Å². The van der Waals surface area contributed by atoms with E-state index in [1.165, 1.54) is 11.8 Å². The summed E-state index contributed by atoms with van der Waals surface area (Å²) >= 11 is 1.43. The Kier molecular flexibility index (Phi) is 9.31. The highest BCUT2D eigenvalue weighted by molar-refractivity contribution is 8.16. The van der Waals surface area contributed by atoms with Crippen molar-refractivity contribution in [2.24, 2.45) is 4.99 Å². The number of fused-ring (bicyclic) bond motifs is 1. The van der Waals surface area contributed by atoms with Crippen LogP contribution in [0.2, 0.25) is 0 Å². The van der Waals surface area contributed by atoms with Crippen LogP contribution in [0.3, 0.4) is 0 Å². The number of methoxy groups -OCH3 is 1. The fourth-order valence-electron chi connectivity index (χ4n) is 5.12. The highest BCUT2D eigenvalue weighted by Gasteiger charge is 2.41. The number of nitrogens with zero attached hydrogens (tertiary/aromatic N) is 2. The normalized spacial score (nSPS) is 19.8. The summed E-state index contributed by atoms with van der Waals surface area (Å²) in [5.74, 6) is 0.567. The number of hydrogen-bond acceptors (Lipinski definition) is 9. The highest BCUT2D eigenvalue weighted by Crippen LogP contribution is 2.46. The van der Waals surface area contributed by atoms with Crippen LogP contribution < -0.4 is 14.8 Å². The van der Waals surface area contributed by atoms with Crippen LogP contribution in [0.25, 0.3) is 0 Å². The van der Waals surface area contributed by atoms with Crippen molar-refractivity contribution >= 4 is 28.8 Å². The summed E-state index contributed by atoms with van der Waals surface area (Å²) < 4.78 is 22.9. The summed E-state index contributed by atoms with van der Waals surface area (Å²) in [5, 5.41) is 5.62. The Balaban J connectivity index is 1.42. The molecule has 0 saturated carbocycles. The van der Waals surface area contributed by atoms with Gasteiger partial charge in [0.05, 0.1) is 43.6 Å². The van der Waals surface area contributed by atoms with Crippen LogP contribution in [0.5, 0.6) is 11.5 Å². The van der Waals surface area contributed by atoms with E-state index in [9.17, 15) is 9.59 Å². The molecule has 0 aliphatic carbocycles. The molecule has 1 N–H and O–H groups in total. The van der Waals surface area contributed by atoms with Crippen molar-refractivity contribution in [1.29, 1.82) is 0 Å². The zero-order valence-electron chi connectivity index (χ0n) is 23.6. The number of hydrogen-bond donors (Lipinski definition) is 1. The maximum atomic E-state index is 13.3. The maximum absolute atomic E-state index is 13.3. The molecule has 2 atom stereocenters. The molecule has 5 rings (SSSR count). The van der Waals surface area contributed by atoms with Crippen molar-refractivity contribution in [3.63, 3.8) is 0 Å². The molecule has 0 spiro atoms. The minimum Gasteiger partial charge on any atom is -0.493 e. The number of aliphatic imine (C=N–C) groups is 1. The topological polar surface area (TPSA) is 98.7 Å². The molecule has 3 aliphatic rings. The number of thioether (sulfide) groups is 1. The molecule has 1 fully saturated rings. The number of esters is 1. The van der Waals surface area contributed by atoms with Gasteiger partial charge in [0.1, 0.15) is 6.61 Å². The van der Waals surface area contributed by atoms with Gasteiger partial charge in [-0.15, -0.1) is 0 Å². The number of carbonyl (C=O) groups excluding carboxylic acids is 2. The lowest BCUT2D eigenvalue weighted by Gasteiger charge is -2.36. The molecule has 2 aromatic rings. The first-order valence-corrected chi connectivity index (χ1v) is 14.7. The molecule has 1 amide bonds. The number of allylic oxidation sites excluding steroid dienone is 1. The second kappa shape index (κ2) is 13.3.